The average molecular weight is 300 g/mol. The van der Waals surface area contributed by atoms with E-state index in [0.717, 1.165) is 65.6 Å². The number of amides is 2. The lowest BCUT2D eigenvalue weighted by Crippen LogP contribution is -2.53. The molecule has 2 aliphatic rings. The van der Waals surface area contributed by atoms with E-state index >= 15 is 0 Å². The highest BCUT2D eigenvalue weighted by Gasteiger charge is 2.21. The van der Waals surface area contributed by atoms with Crippen LogP contribution in [0.25, 0.3) is 0 Å². The first-order chi connectivity index (χ1) is 10.3. The van der Waals surface area contributed by atoms with Crippen LogP contribution in [-0.4, -0.2) is 107 Å². The van der Waals surface area contributed by atoms with Crippen molar-refractivity contribution in [2.24, 2.45) is 0 Å². The number of hydrogen-bond donors (Lipinski definition) is 1. The Labute approximate surface area is 127 Å². The van der Waals surface area contributed by atoms with Crippen molar-refractivity contribution in [1.29, 1.82) is 0 Å². The number of nitrogens with one attached hydrogen (secondary N) is 1. The Kier molecular flexibility index (Phi) is 7.21. The molecule has 7 heteroatoms. The highest BCUT2D eigenvalue weighted by molar-refractivity contribution is 5.74. The van der Waals surface area contributed by atoms with Gasteiger partial charge >= 0.3 is 6.03 Å². The Hall–Kier alpha value is -0.890. The molecule has 0 aromatic rings. The molecule has 0 aromatic carbocycles. The maximum Gasteiger partial charge on any atom is 0.317 e. The van der Waals surface area contributed by atoms with E-state index in [1.807, 2.05) is 4.90 Å². The van der Waals surface area contributed by atoms with E-state index in [9.17, 15) is 4.79 Å². The van der Waals surface area contributed by atoms with Crippen molar-refractivity contribution in [1.82, 2.24) is 20.0 Å². The number of methoxy groups -OCH3 is 1. The first-order valence-corrected chi connectivity index (χ1v) is 7.84. The molecule has 0 unspecified atom stereocenters. The molecule has 0 atom stereocenters. The van der Waals surface area contributed by atoms with Gasteiger partial charge in [0.1, 0.15) is 0 Å². The maximum atomic E-state index is 11.9. The molecular weight excluding hydrogens is 272 g/mol. The molecular formula is C14H28N4O3. The number of nitrogens with zero attached hydrogens (tertiary/aromatic N) is 3. The fourth-order valence-corrected chi connectivity index (χ4v) is 2.65. The molecule has 0 bridgehead atoms. The topological polar surface area (TPSA) is 57.3 Å². The maximum absolute atomic E-state index is 11.9. The van der Waals surface area contributed by atoms with Crippen LogP contribution in [0.15, 0.2) is 0 Å². The molecule has 2 saturated heterocycles. The van der Waals surface area contributed by atoms with Crippen molar-refractivity contribution in [2.45, 2.75) is 0 Å². The number of hydrogen-bond acceptors (Lipinski definition) is 5. The zero-order valence-corrected chi connectivity index (χ0v) is 13.1. The molecule has 2 fully saturated rings. The Balaban J connectivity index is 1.58. The highest BCUT2D eigenvalue weighted by Crippen LogP contribution is 2.03. The van der Waals surface area contributed by atoms with Crippen LogP contribution in [0.2, 0.25) is 0 Å². The summed E-state index contributed by atoms with van der Waals surface area (Å²) >= 11 is 0. The van der Waals surface area contributed by atoms with Crippen LogP contribution in [0, 0.1) is 0 Å². The Morgan fingerprint density at radius 3 is 2.29 bits per heavy atom. The summed E-state index contributed by atoms with van der Waals surface area (Å²) in [5.41, 5.74) is 0. The summed E-state index contributed by atoms with van der Waals surface area (Å²) in [6.07, 6.45) is 0. The molecule has 2 aliphatic heterocycles. The molecule has 0 radical (unpaired) electrons. The molecule has 0 aromatic heterocycles. The van der Waals surface area contributed by atoms with Gasteiger partial charge in [-0.1, -0.05) is 0 Å². The summed E-state index contributed by atoms with van der Waals surface area (Å²) in [5.74, 6) is 0. The van der Waals surface area contributed by atoms with E-state index in [2.05, 4.69) is 15.1 Å². The van der Waals surface area contributed by atoms with Gasteiger partial charge in [0.15, 0.2) is 0 Å². The number of carbonyl (C=O) groups is 1. The number of piperazine rings is 1. The Morgan fingerprint density at radius 2 is 1.67 bits per heavy atom. The van der Waals surface area contributed by atoms with E-state index in [0.29, 0.717) is 13.2 Å². The van der Waals surface area contributed by atoms with Crippen LogP contribution in [-0.2, 0) is 9.47 Å². The van der Waals surface area contributed by atoms with Gasteiger partial charge in [-0.3, -0.25) is 9.80 Å². The molecule has 2 heterocycles. The Morgan fingerprint density at radius 1 is 1.05 bits per heavy atom. The largest absolute Gasteiger partial charge is 0.383 e. The van der Waals surface area contributed by atoms with Crippen molar-refractivity contribution < 1.29 is 14.3 Å². The second-order valence-electron chi connectivity index (χ2n) is 5.51. The van der Waals surface area contributed by atoms with Crippen LogP contribution >= 0.6 is 0 Å². The van der Waals surface area contributed by atoms with Crippen LogP contribution in [0.4, 0.5) is 4.79 Å². The lowest BCUT2D eigenvalue weighted by atomic mass is 10.3. The molecule has 2 amide bonds. The van der Waals surface area contributed by atoms with Gasteiger partial charge in [-0.25, -0.2) is 4.79 Å². The van der Waals surface area contributed by atoms with Crippen molar-refractivity contribution in [3.05, 3.63) is 0 Å². The number of urea groups is 1. The van der Waals surface area contributed by atoms with Gasteiger partial charge in [0.05, 0.1) is 19.8 Å². The quantitative estimate of drug-likeness (QED) is 0.657. The lowest BCUT2D eigenvalue weighted by molar-refractivity contribution is 0.0309. The van der Waals surface area contributed by atoms with Crippen molar-refractivity contribution in [3.63, 3.8) is 0 Å². The summed E-state index contributed by atoms with van der Waals surface area (Å²) in [7, 11) is 1.64. The lowest BCUT2D eigenvalue weighted by Gasteiger charge is -2.36. The summed E-state index contributed by atoms with van der Waals surface area (Å²) in [4.78, 5) is 18.7. The minimum Gasteiger partial charge on any atom is -0.383 e. The van der Waals surface area contributed by atoms with Gasteiger partial charge in [0.2, 0.25) is 0 Å². The van der Waals surface area contributed by atoms with Crippen LogP contribution in [0.3, 0.4) is 0 Å². The third kappa shape index (κ3) is 5.78. The van der Waals surface area contributed by atoms with Gasteiger partial charge in [-0.05, 0) is 0 Å². The molecule has 0 aliphatic carbocycles. The minimum atomic E-state index is 0.0277. The molecule has 1 N–H and O–H groups in total. The number of carbonyl (C=O) groups excluding carboxylic acids is 1. The average Bonchev–Trinajstić information content (AvgIpc) is 2.54. The van der Waals surface area contributed by atoms with E-state index < -0.39 is 0 Å². The fraction of sp³-hybridized carbons (Fsp3) is 0.929. The fourth-order valence-electron chi connectivity index (χ4n) is 2.65. The highest BCUT2D eigenvalue weighted by atomic mass is 16.5. The smallest absolute Gasteiger partial charge is 0.317 e. The van der Waals surface area contributed by atoms with Gasteiger partial charge in [-0.2, -0.15) is 0 Å². The van der Waals surface area contributed by atoms with E-state index in [1.165, 1.54) is 0 Å². The molecule has 122 valence electrons. The molecule has 7 nitrogen and oxygen atoms in total. The minimum absolute atomic E-state index is 0.0277. The zero-order valence-electron chi connectivity index (χ0n) is 13.1. The first-order valence-electron chi connectivity index (χ1n) is 7.84. The van der Waals surface area contributed by atoms with Gasteiger partial charge in [0, 0.05) is 66.0 Å². The van der Waals surface area contributed by atoms with E-state index in [1.54, 1.807) is 7.11 Å². The zero-order chi connectivity index (χ0) is 14.9. The third-order valence-corrected chi connectivity index (χ3v) is 4.08. The first kappa shape index (κ1) is 16.5. The molecule has 0 spiro atoms. The molecule has 21 heavy (non-hydrogen) atoms. The molecule has 0 saturated carbocycles. The summed E-state index contributed by atoms with van der Waals surface area (Å²) in [5, 5.41) is 2.87. The monoisotopic (exact) mass is 300 g/mol. The third-order valence-electron chi connectivity index (χ3n) is 4.08. The molecule has 2 rings (SSSR count). The normalized spacial score (nSPS) is 21.5. The van der Waals surface area contributed by atoms with Crippen molar-refractivity contribution in [2.75, 3.05) is 85.8 Å². The van der Waals surface area contributed by atoms with E-state index in [4.69, 9.17) is 9.47 Å². The van der Waals surface area contributed by atoms with Gasteiger partial charge < -0.3 is 19.7 Å². The van der Waals surface area contributed by atoms with E-state index in [-0.39, 0.29) is 6.03 Å². The summed E-state index contributed by atoms with van der Waals surface area (Å²) in [6, 6.07) is 0.0277. The standard InChI is InChI=1S/C14H28N4O3/c1-20-11-2-15-14(19)18-7-5-16(6-8-18)3-4-17-9-12-21-13-10-17/h2-13H2,1H3,(H,15,19). The van der Waals surface area contributed by atoms with Crippen LogP contribution in [0.5, 0.6) is 0 Å². The number of rotatable bonds is 6. The number of morpholine rings is 1. The predicted molar refractivity (Wildman–Crippen MR) is 80.5 cm³/mol. The second kappa shape index (κ2) is 9.19. The van der Waals surface area contributed by atoms with Crippen LogP contribution in [0.1, 0.15) is 0 Å². The van der Waals surface area contributed by atoms with Gasteiger partial charge in [0.25, 0.3) is 0 Å². The summed E-state index contributed by atoms with van der Waals surface area (Å²) in [6.45, 7) is 10.7. The van der Waals surface area contributed by atoms with Gasteiger partial charge in [-0.15, -0.1) is 0 Å². The SMILES string of the molecule is COCCNC(=O)N1CCN(CCN2CCOCC2)CC1. The predicted octanol–water partition coefficient (Wildman–Crippen LogP) is -0.708. The van der Waals surface area contributed by atoms with Crippen molar-refractivity contribution in [3.8, 4) is 0 Å². The van der Waals surface area contributed by atoms with Crippen LogP contribution < -0.4 is 5.32 Å². The second-order valence-corrected chi connectivity index (χ2v) is 5.51. The number of ether oxygens (including phenoxy) is 2. The Bertz CT molecular complexity index is 303. The van der Waals surface area contributed by atoms with Crippen molar-refractivity contribution >= 4 is 6.03 Å². The summed E-state index contributed by atoms with van der Waals surface area (Å²) < 4.78 is 10.3.